The van der Waals surface area contributed by atoms with Crippen molar-refractivity contribution in [3.05, 3.63) is 59.7 Å². The van der Waals surface area contributed by atoms with Crippen molar-refractivity contribution in [1.29, 1.82) is 0 Å². The van der Waals surface area contributed by atoms with Gasteiger partial charge in [0.15, 0.2) is 5.11 Å². The molecule has 0 aromatic heterocycles. The zero-order valence-corrected chi connectivity index (χ0v) is 13.9. The van der Waals surface area contributed by atoms with Gasteiger partial charge in [-0.3, -0.25) is 4.79 Å². The van der Waals surface area contributed by atoms with Crippen molar-refractivity contribution in [2.45, 2.75) is 11.8 Å². The molecule has 0 radical (unpaired) electrons. The molecule has 0 spiro atoms. The van der Waals surface area contributed by atoms with E-state index in [4.69, 9.17) is 23.7 Å². The van der Waals surface area contributed by atoms with Gasteiger partial charge in [-0.05, 0) is 55.5 Å². The van der Waals surface area contributed by atoms with Gasteiger partial charge in [0.2, 0.25) is 5.91 Å². The smallest absolute Gasteiger partial charge is 0.270 e. The quantitative estimate of drug-likeness (QED) is 0.814. The van der Waals surface area contributed by atoms with Gasteiger partial charge in [0.1, 0.15) is 0 Å². The number of rotatable bonds is 4. The lowest BCUT2D eigenvalue weighted by Gasteiger charge is -2.22. The molecule has 23 heavy (non-hydrogen) atoms. The van der Waals surface area contributed by atoms with Crippen molar-refractivity contribution in [1.82, 2.24) is 0 Å². The van der Waals surface area contributed by atoms with Crippen molar-refractivity contribution >= 4 is 38.9 Å². The number of benzene rings is 2. The van der Waals surface area contributed by atoms with Gasteiger partial charge in [-0.15, -0.1) is 0 Å². The van der Waals surface area contributed by atoms with E-state index < -0.39 is 15.9 Å². The zero-order chi connectivity index (χ0) is 17.2. The highest BCUT2D eigenvalue weighted by Gasteiger charge is 2.27. The Balaban J connectivity index is 2.51. The Labute approximate surface area is 139 Å². The fraction of sp³-hybridized carbons (Fsp3) is 0.0667. The summed E-state index contributed by atoms with van der Waals surface area (Å²) in [5, 5.41) is -0.322. The van der Waals surface area contributed by atoms with Crippen LogP contribution in [-0.4, -0.2) is 19.4 Å². The van der Waals surface area contributed by atoms with Crippen LogP contribution >= 0.6 is 12.2 Å². The number of hydrogen-bond acceptors (Lipinski definition) is 4. The highest BCUT2D eigenvalue weighted by molar-refractivity contribution is 7.95. The molecule has 0 saturated heterocycles. The van der Waals surface area contributed by atoms with Gasteiger partial charge >= 0.3 is 0 Å². The van der Waals surface area contributed by atoms with E-state index in [0.29, 0.717) is 0 Å². The SMILES string of the molecule is Cc1ccc(S(=O)(=O)N(C(N)=S)c2ccc(C(N)=O)cc2)cc1. The fourth-order valence-electron chi connectivity index (χ4n) is 1.96. The number of nitrogens with zero attached hydrogens (tertiary/aromatic N) is 1. The number of sulfonamides is 1. The summed E-state index contributed by atoms with van der Waals surface area (Å²) in [4.78, 5) is 11.2. The Morgan fingerprint density at radius 2 is 1.52 bits per heavy atom. The van der Waals surface area contributed by atoms with Gasteiger partial charge in [0.05, 0.1) is 10.6 Å². The first-order valence-electron chi connectivity index (χ1n) is 6.55. The minimum atomic E-state index is -3.95. The molecule has 0 heterocycles. The summed E-state index contributed by atoms with van der Waals surface area (Å²) in [5.74, 6) is -0.611. The summed E-state index contributed by atoms with van der Waals surface area (Å²) in [6.07, 6.45) is 0. The first kappa shape index (κ1) is 16.9. The second kappa shape index (κ2) is 6.35. The van der Waals surface area contributed by atoms with Gasteiger partial charge in [0.25, 0.3) is 10.0 Å². The van der Waals surface area contributed by atoms with Crippen molar-refractivity contribution in [3.8, 4) is 0 Å². The van der Waals surface area contributed by atoms with Crippen molar-refractivity contribution in [2.24, 2.45) is 11.5 Å². The lowest BCUT2D eigenvalue weighted by Crippen LogP contribution is -2.40. The number of carbonyl (C=O) groups excluding carboxylic acids is 1. The highest BCUT2D eigenvalue weighted by atomic mass is 32.2. The average molecular weight is 349 g/mol. The molecular formula is C15H15N3O3S2. The van der Waals surface area contributed by atoms with Gasteiger partial charge in [-0.2, -0.15) is 0 Å². The Kier molecular flexibility index (Phi) is 4.67. The molecule has 8 heteroatoms. The maximum Gasteiger partial charge on any atom is 0.270 e. The molecule has 4 N–H and O–H groups in total. The Hall–Kier alpha value is -2.45. The lowest BCUT2D eigenvalue weighted by molar-refractivity contribution is 0.100. The van der Waals surface area contributed by atoms with Crippen molar-refractivity contribution in [2.75, 3.05) is 4.31 Å². The van der Waals surface area contributed by atoms with E-state index >= 15 is 0 Å². The molecule has 0 bridgehead atoms. The minimum absolute atomic E-state index is 0.0647. The normalized spacial score (nSPS) is 11.0. The molecule has 2 aromatic carbocycles. The summed E-state index contributed by atoms with van der Waals surface area (Å²) in [6, 6.07) is 12.0. The van der Waals surface area contributed by atoms with E-state index in [0.717, 1.165) is 9.87 Å². The van der Waals surface area contributed by atoms with Gasteiger partial charge in [-0.1, -0.05) is 17.7 Å². The molecule has 120 valence electrons. The van der Waals surface area contributed by atoms with E-state index in [2.05, 4.69) is 0 Å². The van der Waals surface area contributed by atoms with Crippen molar-refractivity contribution < 1.29 is 13.2 Å². The summed E-state index contributed by atoms with van der Waals surface area (Å²) in [6.45, 7) is 1.85. The topological polar surface area (TPSA) is 106 Å². The number of amides is 1. The van der Waals surface area contributed by atoms with E-state index in [1.807, 2.05) is 6.92 Å². The molecule has 2 rings (SSSR count). The maximum atomic E-state index is 12.8. The summed E-state index contributed by atoms with van der Waals surface area (Å²) in [5.41, 5.74) is 12.2. The van der Waals surface area contributed by atoms with Gasteiger partial charge in [-0.25, -0.2) is 12.7 Å². The first-order valence-corrected chi connectivity index (χ1v) is 8.39. The number of hydrogen-bond donors (Lipinski definition) is 2. The standard InChI is InChI=1S/C15H15N3O3S2/c1-10-2-8-13(9-3-10)23(20,21)18(15(17)22)12-6-4-11(5-7-12)14(16)19/h2-9H,1H3,(H2,16,19)(H2,17,22). The number of nitrogens with two attached hydrogens (primary N) is 2. The number of aryl methyl sites for hydroxylation is 1. The predicted molar refractivity (Wildman–Crippen MR) is 92.6 cm³/mol. The molecule has 0 fully saturated rings. The van der Waals surface area contributed by atoms with E-state index in [1.54, 1.807) is 12.1 Å². The number of thiocarbonyl (C=S) groups is 1. The second-order valence-corrected chi connectivity index (χ2v) is 7.04. The molecule has 6 nitrogen and oxygen atoms in total. The van der Waals surface area contributed by atoms with Crippen LogP contribution in [-0.2, 0) is 10.0 Å². The molecular weight excluding hydrogens is 334 g/mol. The van der Waals surface area contributed by atoms with E-state index in [-0.39, 0.29) is 21.3 Å². The molecule has 1 amide bonds. The van der Waals surface area contributed by atoms with Crippen LogP contribution < -0.4 is 15.8 Å². The molecule has 0 saturated carbocycles. The van der Waals surface area contributed by atoms with Crippen LogP contribution in [0.2, 0.25) is 0 Å². The van der Waals surface area contributed by atoms with Crippen LogP contribution in [0.4, 0.5) is 5.69 Å². The third-order valence-electron chi connectivity index (χ3n) is 3.15. The zero-order valence-electron chi connectivity index (χ0n) is 12.3. The van der Waals surface area contributed by atoms with Gasteiger partial charge < -0.3 is 11.5 Å². The van der Waals surface area contributed by atoms with Crippen molar-refractivity contribution in [3.63, 3.8) is 0 Å². The maximum absolute atomic E-state index is 12.8. The second-order valence-electron chi connectivity index (χ2n) is 4.83. The number of anilines is 1. The number of primary amides is 1. The molecule has 2 aromatic rings. The molecule has 0 aliphatic heterocycles. The lowest BCUT2D eigenvalue weighted by atomic mass is 10.2. The minimum Gasteiger partial charge on any atom is -0.375 e. The van der Waals surface area contributed by atoms with E-state index in [1.165, 1.54) is 36.4 Å². The van der Waals surface area contributed by atoms with E-state index in [9.17, 15) is 13.2 Å². The first-order chi connectivity index (χ1) is 10.7. The van der Waals surface area contributed by atoms with Crippen LogP contribution in [0, 0.1) is 6.92 Å². The summed E-state index contributed by atoms with van der Waals surface area (Å²) >= 11 is 4.89. The summed E-state index contributed by atoms with van der Waals surface area (Å²) < 4.78 is 26.4. The Morgan fingerprint density at radius 3 is 1.96 bits per heavy atom. The van der Waals surface area contributed by atoms with Crippen LogP contribution in [0.5, 0.6) is 0 Å². The molecule has 0 atom stereocenters. The van der Waals surface area contributed by atoms with Crippen LogP contribution in [0.15, 0.2) is 53.4 Å². The fourth-order valence-corrected chi connectivity index (χ4v) is 3.69. The summed E-state index contributed by atoms with van der Waals surface area (Å²) in [7, 11) is -3.95. The van der Waals surface area contributed by atoms with Gasteiger partial charge in [0, 0.05) is 5.56 Å². The van der Waals surface area contributed by atoms with Crippen LogP contribution in [0.3, 0.4) is 0 Å². The predicted octanol–water partition coefficient (Wildman–Crippen LogP) is 1.53. The highest BCUT2D eigenvalue weighted by Crippen LogP contribution is 2.24. The average Bonchev–Trinajstić information content (AvgIpc) is 2.47. The largest absolute Gasteiger partial charge is 0.375 e. The third-order valence-corrected chi connectivity index (χ3v) is 5.20. The molecule has 0 unspecified atom stereocenters. The van der Waals surface area contributed by atoms with Crippen LogP contribution in [0.25, 0.3) is 0 Å². The number of carbonyl (C=O) groups is 1. The molecule has 0 aliphatic rings. The third kappa shape index (κ3) is 3.49. The monoisotopic (exact) mass is 349 g/mol. The molecule has 0 aliphatic carbocycles. The van der Waals surface area contributed by atoms with Crippen LogP contribution in [0.1, 0.15) is 15.9 Å². The Bertz CT molecular complexity index is 845. The Morgan fingerprint density at radius 1 is 1.00 bits per heavy atom.